The molecule has 1 aliphatic rings. The summed E-state index contributed by atoms with van der Waals surface area (Å²) in [6.45, 7) is 6.88. The quantitative estimate of drug-likeness (QED) is 0.870. The second-order valence-corrected chi connectivity index (χ2v) is 5.93. The third kappa shape index (κ3) is 5.46. The molecule has 1 aromatic heterocycles. The summed E-state index contributed by atoms with van der Waals surface area (Å²) in [6, 6.07) is -0.144. The monoisotopic (exact) mass is 293 g/mol. The van der Waals surface area contributed by atoms with Crippen LogP contribution < -0.4 is 5.32 Å². The van der Waals surface area contributed by atoms with E-state index in [0.717, 1.165) is 25.5 Å². The molecule has 1 aliphatic heterocycles. The second-order valence-electron chi connectivity index (χ2n) is 5.93. The number of aromatic amines is 1. The fourth-order valence-corrected chi connectivity index (χ4v) is 2.73. The molecule has 118 valence electrons. The zero-order valence-electron chi connectivity index (χ0n) is 13.2. The number of likely N-dealkylation sites (tertiary alicyclic amines) is 1. The average Bonchev–Trinajstić information content (AvgIpc) is 2.84. The Morgan fingerprint density at radius 1 is 1.29 bits per heavy atom. The van der Waals surface area contributed by atoms with Crippen molar-refractivity contribution in [3.63, 3.8) is 0 Å². The third-order valence-electron chi connectivity index (χ3n) is 3.98. The van der Waals surface area contributed by atoms with E-state index in [2.05, 4.69) is 25.4 Å². The fourth-order valence-electron chi connectivity index (χ4n) is 2.73. The van der Waals surface area contributed by atoms with Gasteiger partial charge in [-0.15, -0.1) is 0 Å². The molecule has 1 atom stereocenters. The summed E-state index contributed by atoms with van der Waals surface area (Å²) in [5.74, 6) is 1.49. The number of aryl methyl sites for hydroxylation is 1. The fraction of sp³-hybridized carbons (Fsp3) is 0.800. The van der Waals surface area contributed by atoms with Crippen molar-refractivity contribution in [2.45, 2.75) is 58.4 Å². The van der Waals surface area contributed by atoms with Gasteiger partial charge in [-0.2, -0.15) is 5.10 Å². The first-order valence-electron chi connectivity index (χ1n) is 8.06. The molecule has 2 heterocycles. The molecule has 6 nitrogen and oxygen atoms in total. The summed E-state index contributed by atoms with van der Waals surface area (Å²) >= 11 is 0. The molecule has 2 N–H and O–H groups in total. The Morgan fingerprint density at radius 3 is 2.57 bits per heavy atom. The van der Waals surface area contributed by atoms with E-state index in [0.29, 0.717) is 12.2 Å². The van der Waals surface area contributed by atoms with Crippen molar-refractivity contribution >= 4 is 5.91 Å². The molecule has 1 fully saturated rings. The van der Waals surface area contributed by atoms with E-state index in [1.807, 2.05) is 13.8 Å². The Hall–Kier alpha value is -1.43. The second kappa shape index (κ2) is 8.12. The highest BCUT2D eigenvalue weighted by molar-refractivity contribution is 5.76. The van der Waals surface area contributed by atoms with Gasteiger partial charge in [-0.25, -0.2) is 4.98 Å². The van der Waals surface area contributed by atoms with Crippen LogP contribution in [-0.4, -0.2) is 45.6 Å². The summed E-state index contributed by atoms with van der Waals surface area (Å²) in [6.07, 6.45) is 7.08. The molecule has 2 rings (SSSR count). The first-order valence-corrected chi connectivity index (χ1v) is 8.06. The number of nitrogens with zero attached hydrogens (tertiary/aromatic N) is 3. The van der Waals surface area contributed by atoms with Crippen LogP contribution in [0.3, 0.4) is 0 Å². The minimum atomic E-state index is -0.144. The van der Waals surface area contributed by atoms with Crippen LogP contribution in [0.15, 0.2) is 0 Å². The molecule has 0 aliphatic carbocycles. The number of carbonyl (C=O) groups excluding carboxylic acids is 1. The van der Waals surface area contributed by atoms with Crippen LogP contribution in [0.25, 0.3) is 0 Å². The Balaban J connectivity index is 1.71. The lowest BCUT2D eigenvalue weighted by Crippen LogP contribution is -2.34. The van der Waals surface area contributed by atoms with Gasteiger partial charge in [0.2, 0.25) is 5.91 Å². The third-order valence-corrected chi connectivity index (χ3v) is 3.98. The van der Waals surface area contributed by atoms with Crippen molar-refractivity contribution in [3.8, 4) is 0 Å². The Bertz CT molecular complexity index is 437. The lowest BCUT2D eigenvalue weighted by Gasteiger charge is -2.24. The zero-order valence-corrected chi connectivity index (χ0v) is 13.2. The number of aromatic nitrogens is 3. The molecule has 0 aromatic carbocycles. The van der Waals surface area contributed by atoms with E-state index < -0.39 is 0 Å². The van der Waals surface area contributed by atoms with Gasteiger partial charge < -0.3 is 10.2 Å². The Labute approximate surface area is 126 Å². The van der Waals surface area contributed by atoms with Crippen molar-refractivity contribution < 1.29 is 4.79 Å². The summed E-state index contributed by atoms with van der Waals surface area (Å²) in [4.78, 5) is 18.7. The zero-order chi connectivity index (χ0) is 15.1. The molecule has 1 unspecified atom stereocenters. The van der Waals surface area contributed by atoms with Gasteiger partial charge in [0.1, 0.15) is 5.82 Å². The van der Waals surface area contributed by atoms with Crippen LogP contribution in [0, 0.1) is 6.92 Å². The number of carbonyl (C=O) groups is 1. The molecule has 21 heavy (non-hydrogen) atoms. The minimum absolute atomic E-state index is 0.0759. The van der Waals surface area contributed by atoms with E-state index in [-0.39, 0.29) is 11.9 Å². The van der Waals surface area contributed by atoms with Gasteiger partial charge >= 0.3 is 0 Å². The number of hydrogen-bond donors (Lipinski definition) is 2. The molecule has 1 amide bonds. The molecule has 6 heteroatoms. The maximum atomic E-state index is 12.0. The van der Waals surface area contributed by atoms with Crippen LogP contribution >= 0.6 is 0 Å². The average molecular weight is 293 g/mol. The van der Waals surface area contributed by atoms with Crippen LogP contribution in [0.4, 0.5) is 0 Å². The summed E-state index contributed by atoms with van der Waals surface area (Å²) < 4.78 is 0. The number of nitrogens with one attached hydrogen (secondary N) is 2. The maximum absolute atomic E-state index is 12.0. The highest BCUT2D eigenvalue weighted by Gasteiger charge is 2.15. The highest BCUT2D eigenvalue weighted by atomic mass is 16.1. The lowest BCUT2D eigenvalue weighted by molar-refractivity contribution is -0.122. The number of rotatable bonds is 5. The predicted octanol–water partition coefficient (Wildman–Crippen LogP) is 1.95. The molecule has 1 saturated heterocycles. The van der Waals surface area contributed by atoms with Crippen molar-refractivity contribution in [2.24, 2.45) is 0 Å². The van der Waals surface area contributed by atoms with Gasteiger partial charge in [-0.05, 0) is 39.8 Å². The first kappa shape index (κ1) is 15.9. The molecule has 0 radical (unpaired) electrons. The summed E-state index contributed by atoms with van der Waals surface area (Å²) in [5.41, 5.74) is 0. The van der Waals surface area contributed by atoms with Crippen molar-refractivity contribution in [1.82, 2.24) is 25.4 Å². The predicted molar refractivity (Wildman–Crippen MR) is 81.8 cm³/mol. The van der Waals surface area contributed by atoms with Crippen LogP contribution in [0.1, 0.15) is 63.1 Å². The topological polar surface area (TPSA) is 73.9 Å². The SMILES string of the molecule is Cc1nc(C(C)NC(=O)CCN2CCCCCCC2)n[nH]1. The lowest BCUT2D eigenvalue weighted by atomic mass is 10.1. The van der Waals surface area contributed by atoms with Crippen molar-refractivity contribution in [2.75, 3.05) is 19.6 Å². The normalized spacial score (nSPS) is 18.8. The van der Waals surface area contributed by atoms with Gasteiger partial charge in [-0.1, -0.05) is 19.3 Å². The van der Waals surface area contributed by atoms with Gasteiger partial charge in [0, 0.05) is 13.0 Å². The molecule has 1 aromatic rings. The number of amides is 1. The van der Waals surface area contributed by atoms with Gasteiger partial charge in [-0.3, -0.25) is 9.89 Å². The van der Waals surface area contributed by atoms with E-state index in [4.69, 9.17) is 0 Å². The minimum Gasteiger partial charge on any atom is -0.346 e. The standard InChI is InChI=1S/C15H27N5O/c1-12(15-17-13(2)18-19-15)16-14(21)8-11-20-9-6-4-3-5-7-10-20/h12H,3-11H2,1-2H3,(H,16,21)(H,17,18,19). The summed E-state index contributed by atoms with van der Waals surface area (Å²) in [7, 11) is 0. The van der Waals surface area contributed by atoms with Crippen molar-refractivity contribution in [1.29, 1.82) is 0 Å². The van der Waals surface area contributed by atoms with Crippen LogP contribution in [0.5, 0.6) is 0 Å². The summed E-state index contributed by atoms with van der Waals surface area (Å²) in [5, 5.41) is 9.85. The molecular formula is C15H27N5O. The Morgan fingerprint density at radius 2 is 1.95 bits per heavy atom. The number of hydrogen-bond acceptors (Lipinski definition) is 4. The molecular weight excluding hydrogens is 266 g/mol. The van der Waals surface area contributed by atoms with E-state index >= 15 is 0 Å². The highest BCUT2D eigenvalue weighted by Crippen LogP contribution is 2.11. The first-order chi connectivity index (χ1) is 10.1. The van der Waals surface area contributed by atoms with Crippen LogP contribution in [0.2, 0.25) is 0 Å². The molecule has 0 saturated carbocycles. The largest absolute Gasteiger partial charge is 0.346 e. The smallest absolute Gasteiger partial charge is 0.221 e. The number of H-pyrrole nitrogens is 1. The van der Waals surface area contributed by atoms with Crippen molar-refractivity contribution in [3.05, 3.63) is 11.6 Å². The molecule has 0 spiro atoms. The molecule has 0 bridgehead atoms. The van der Waals surface area contributed by atoms with Crippen LogP contribution in [-0.2, 0) is 4.79 Å². The van der Waals surface area contributed by atoms with E-state index in [1.54, 1.807) is 0 Å². The maximum Gasteiger partial charge on any atom is 0.221 e. The van der Waals surface area contributed by atoms with Gasteiger partial charge in [0.25, 0.3) is 0 Å². The van der Waals surface area contributed by atoms with Gasteiger partial charge in [0.15, 0.2) is 5.82 Å². The Kier molecular flexibility index (Phi) is 6.17. The van der Waals surface area contributed by atoms with E-state index in [9.17, 15) is 4.79 Å². The van der Waals surface area contributed by atoms with E-state index in [1.165, 1.54) is 32.1 Å². The van der Waals surface area contributed by atoms with Gasteiger partial charge in [0.05, 0.1) is 6.04 Å².